The van der Waals surface area contributed by atoms with Crippen LogP contribution in [0.15, 0.2) is 6.07 Å². The van der Waals surface area contributed by atoms with Crippen LogP contribution in [0.3, 0.4) is 0 Å². The maximum atomic E-state index is 12.8. The minimum atomic E-state index is 0.161. The van der Waals surface area contributed by atoms with Gasteiger partial charge in [-0.25, -0.2) is 0 Å². The molecule has 0 bridgehead atoms. The van der Waals surface area contributed by atoms with Gasteiger partial charge in [0.05, 0.1) is 5.69 Å². The van der Waals surface area contributed by atoms with Crippen molar-refractivity contribution >= 4 is 5.91 Å². The number of hydrogen-bond acceptors (Lipinski definition) is 3. The first kappa shape index (κ1) is 13.6. The van der Waals surface area contributed by atoms with Crippen molar-refractivity contribution in [1.82, 2.24) is 20.0 Å². The molecule has 5 nitrogen and oxygen atoms in total. The van der Waals surface area contributed by atoms with E-state index >= 15 is 0 Å². The van der Waals surface area contributed by atoms with Crippen molar-refractivity contribution in [3.63, 3.8) is 0 Å². The Morgan fingerprint density at radius 1 is 1.40 bits per heavy atom. The molecule has 0 radical (unpaired) electrons. The van der Waals surface area contributed by atoms with Crippen LogP contribution in [0.4, 0.5) is 0 Å². The van der Waals surface area contributed by atoms with Gasteiger partial charge in [0.25, 0.3) is 5.91 Å². The Kier molecular flexibility index (Phi) is 3.78. The Balaban J connectivity index is 1.72. The Morgan fingerprint density at radius 2 is 2.10 bits per heavy atom. The van der Waals surface area contributed by atoms with Gasteiger partial charge >= 0.3 is 0 Å². The van der Waals surface area contributed by atoms with Gasteiger partial charge in [-0.1, -0.05) is 0 Å². The Bertz CT molecular complexity index is 486. The number of carbonyl (C=O) groups is 1. The first-order valence-corrected chi connectivity index (χ1v) is 7.67. The second-order valence-corrected chi connectivity index (χ2v) is 6.18. The predicted molar refractivity (Wildman–Crippen MR) is 77.6 cm³/mol. The van der Waals surface area contributed by atoms with E-state index in [0.717, 1.165) is 43.9 Å². The van der Waals surface area contributed by atoms with Gasteiger partial charge in [0.1, 0.15) is 5.69 Å². The highest BCUT2D eigenvalue weighted by Crippen LogP contribution is 2.30. The molecule has 1 saturated carbocycles. The van der Waals surface area contributed by atoms with Gasteiger partial charge in [-0.15, -0.1) is 0 Å². The van der Waals surface area contributed by atoms with E-state index in [-0.39, 0.29) is 5.91 Å². The number of rotatable bonds is 4. The molecular formula is C15H24N4O. The number of hydrogen-bond donors (Lipinski definition) is 1. The second-order valence-electron chi connectivity index (χ2n) is 6.18. The first-order valence-electron chi connectivity index (χ1n) is 7.67. The van der Waals surface area contributed by atoms with Crippen molar-refractivity contribution in [2.45, 2.75) is 38.6 Å². The summed E-state index contributed by atoms with van der Waals surface area (Å²) < 4.78 is 1.72. The summed E-state index contributed by atoms with van der Waals surface area (Å²) in [4.78, 5) is 14.9. The molecule has 1 amide bonds. The average Bonchev–Trinajstić information content (AvgIpc) is 3.22. The molecule has 2 heterocycles. The Morgan fingerprint density at radius 3 is 2.65 bits per heavy atom. The van der Waals surface area contributed by atoms with Crippen LogP contribution in [-0.2, 0) is 7.05 Å². The normalized spacial score (nSPS) is 20.1. The number of aryl methyl sites for hydroxylation is 2. The topological polar surface area (TPSA) is 50.2 Å². The quantitative estimate of drug-likeness (QED) is 0.902. The summed E-state index contributed by atoms with van der Waals surface area (Å²) in [6.07, 6.45) is 4.68. The number of amides is 1. The fraction of sp³-hybridized carbons (Fsp3) is 0.733. The molecule has 1 N–H and O–H groups in total. The second kappa shape index (κ2) is 5.56. The lowest BCUT2D eigenvalue weighted by molar-refractivity contribution is 0.0690. The first-order chi connectivity index (χ1) is 9.65. The predicted octanol–water partition coefficient (Wildman–Crippen LogP) is 1.33. The minimum absolute atomic E-state index is 0.161. The van der Waals surface area contributed by atoms with E-state index in [9.17, 15) is 4.79 Å². The molecule has 5 heteroatoms. The molecule has 1 aliphatic heterocycles. The molecule has 1 aromatic heterocycles. The Hall–Kier alpha value is -1.36. The molecular weight excluding hydrogens is 252 g/mol. The van der Waals surface area contributed by atoms with E-state index in [4.69, 9.17) is 0 Å². The van der Waals surface area contributed by atoms with Crippen molar-refractivity contribution in [1.29, 1.82) is 0 Å². The highest BCUT2D eigenvalue weighted by molar-refractivity contribution is 5.93. The molecule has 0 aromatic carbocycles. The molecule has 3 rings (SSSR count). The molecule has 0 atom stereocenters. The number of piperidine rings is 1. The molecule has 1 aromatic rings. The van der Waals surface area contributed by atoms with Gasteiger partial charge in [0.15, 0.2) is 0 Å². The lowest BCUT2D eigenvalue weighted by Crippen LogP contribution is -2.41. The van der Waals surface area contributed by atoms with Crippen LogP contribution in [0.2, 0.25) is 0 Å². The number of aromatic nitrogens is 2. The molecule has 1 aliphatic carbocycles. The zero-order valence-electron chi connectivity index (χ0n) is 12.4. The van der Waals surface area contributed by atoms with E-state index in [2.05, 4.69) is 15.3 Å². The van der Waals surface area contributed by atoms with Gasteiger partial charge < -0.3 is 10.2 Å². The molecule has 1 saturated heterocycles. The molecule has 20 heavy (non-hydrogen) atoms. The van der Waals surface area contributed by atoms with Crippen LogP contribution < -0.4 is 5.32 Å². The maximum absolute atomic E-state index is 12.8. The fourth-order valence-electron chi connectivity index (χ4n) is 3.08. The Labute approximate surface area is 120 Å². The summed E-state index contributed by atoms with van der Waals surface area (Å²) in [5.74, 6) is 0.809. The molecule has 110 valence electrons. The highest BCUT2D eigenvalue weighted by atomic mass is 16.2. The van der Waals surface area contributed by atoms with Crippen LogP contribution in [-0.4, -0.2) is 46.3 Å². The van der Waals surface area contributed by atoms with E-state index in [1.807, 2.05) is 20.0 Å². The summed E-state index contributed by atoms with van der Waals surface area (Å²) in [5, 5.41) is 7.69. The summed E-state index contributed by atoms with van der Waals surface area (Å²) in [6.45, 7) is 5.02. The standard InChI is InChI=1S/C15H24N4O/c1-11-9-14(18(2)17-11)15(20)19(13-3-4-13)10-12-5-7-16-8-6-12/h9,12-13,16H,3-8,10H2,1-2H3. The summed E-state index contributed by atoms with van der Waals surface area (Å²) in [6, 6.07) is 2.37. The zero-order chi connectivity index (χ0) is 14.1. The minimum Gasteiger partial charge on any atom is -0.334 e. The number of carbonyl (C=O) groups excluding carboxylic acids is 1. The van der Waals surface area contributed by atoms with Crippen LogP contribution in [0, 0.1) is 12.8 Å². The van der Waals surface area contributed by atoms with Crippen molar-refractivity contribution in [2.24, 2.45) is 13.0 Å². The third-order valence-corrected chi connectivity index (χ3v) is 4.38. The van der Waals surface area contributed by atoms with Gasteiger partial charge in [-0.3, -0.25) is 9.48 Å². The van der Waals surface area contributed by atoms with Gasteiger partial charge in [-0.2, -0.15) is 5.10 Å². The zero-order valence-corrected chi connectivity index (χ0v) is 12.4. The third kappa shape index (κ3) is 2.87. The largest absolute Gasteiger partial charge is 0.334 e. The fourth-order valence-corrected chi connectivity index (χ4v) is 3.08. The van der Waals surface area contributed by atoms with Gasteiger partial charge in [0.2, 0.25) is 0 Å². The van der Waals surface area contributed by atoms with Crippen molar-refractivity contribution in [3.8, 4) is 0 Å². The monoisotopic (exact) mass is 276 g/mol. The third-order valence-electron chi connectivity index (χ3n) is 4.38. The van der Waals surface area contributed by atoms with Crippen molar-refractivity contribution in [2.75, 3.05) is 19.6 Å². The van der Waals surface area contributed by atoms with Crippen LogP contribution in [0.5, 0.6) is 0 Å². The summed E-state index contributed by atoms with van der Waals surface area (Å²) in [7, 11) is 1.86. The molecule has 2 aliphatic rings. The average molecular weight is 276 g/mol. The van der Waals surface area contributed by atoms with E-state index in [0.29, 0.717) is 12.0 Å². The van der Waals surface area contributed by atoms with Gasteiger partial charge in [0, 0.05) is 19.6 Å². The van der Waals surface area contributed by atoms with Crippen LogP contribution >= 0.6 is 0 Å². The van der Waals surface area contributed by atoms with E-state index in [1.165, 1.54) is 12.8 Å². The van der Waals surface area contributed by atoms with Gasteiger partial charge in [-0.05, 0) is 57.7 Å². The summed E-state index contributed by atoms with van der Waals surface area (Å²) in [5.41, 5.74) is 1.64. The van der Waals surface area contributed by atoms with Crippen LogP contribution in [0.1, 0.15) is 41.9 Å². The summed E-state index contributed by atoms with van der Waals surface area (Å²) >= 11 is 0. The highest BCUT2D eigenvalue weighted by Gasteiger charge is 2.35. The molecule has 0 spiro atoms. The number of nitrogens with zero attached hydrogens (tertiary/aromatic N) is 3. The SMILES string of the molecule is Cc1cc(C(=O)N(CC2CCNCC2)C2CC2)n(C)n1. The van der Waals surface area contributed by atoms with Crippen LogP contribution in [0.25, 0.3) is 0 Å². The van der Waals surface area contributed by atoms with Crippen molar-refractivity contribution in [3.05, 3.63) is 17.5 Å². The lowest BCUT2D eigenvalue weighted by atomic mass is 9.97. The van der Waals surface area contributed by atoms with Crippen molar-refractivity contribution < 1.29 is 4.79 Å². The molecule has 2 fully saturated rings. The number of nitrogens with one attached hydrogen (secondary N) is 1. The smallest absolute Gasteiger partial charge is 0.272 e. The van der Waals surface area contributed by atoms with E-state index < -0.39 is 0 Å². The lowest BCUT2D eigenvalue weighted by Gasteiger charge is -2.30. The maximum Gasteiger partial charge on any atom is 0.272 e. The molecule has 0 unspecified atom stereocenters. The van der Waals surface area contributed by atoms with E-state index in [1.54, 1.807) is 4.68 Å².